The van der Waals surface area contributed by atoms with E-state index in [2.05, 4.69) is 60.4 Å². The van der Waals surface area contributed by atoms with E-state index < -0.39 is 0 Å². The number of pyridine rings is 1. The zero-order valence-electron chi connectivity index (χ0n) is 16.8. The van der Waals surface area contributed by atoms with E-state index in [1.807, 2.05) is 12.3 Å². The van der Waals surface area contributed by atoms with Crippen LogP contribution in [0.15, 0.2) is 60.8 Å². The molecule has 0 aliphatic heterocycles. The molecule has 28 heavy (non-hydrogen) atoms. The van der Waals surface area contributed by atoms with E-state index in [1.54, 1.807) is 0 Å². The van der Waals surface area contributed by atoms with Gasteiger partial charge in [0.15, 0.2) is 0 Å². The molecule has 2 heteroatoms. The lowest BCUT2D eigenvalue weighted by molar-refractivity contribution is 0.455. The molecule has 1 saturated carbocycles. The SMILES string of the molecule is CC(CCCCC1CCC(c2ccc(Cl)nc2)C1)c1cccc2ccccc12. The molecule has 0 radical (unpaired) electrons. The van der Waals surface area contributed by atoms with Crippen LogP contribution in [0.3, 0.4) is 0 Å². The van der Waals surface area contributed by atoms with E-state index in [4.69, 9.17) is 11.6 Å². The number of hydrogen-bond acceptors (Lipinski definition) is 1. The minimum Gasteiger partial charge on any atom is -0.244 e. The average molecular weight is 392 g/mol. The van der Waals surface area contributed by atoms with E-state index >= 15 is 0 Å². The van der Waals surface area contributed by atoms with Crippen LogP contribution < -0.4 is 0 Å². The summed E-state index contributed by atoms with van der Waals surface area (Å²) >= 11 is 5.92. The molecule has 146 valence electrons. The lowest BCUT2D eigenvalue weighted by Crippen LogP contribution is -1.99. The quantitative estimate of drug-likeness (QED) is 0.292. The molecule has 3 aromatic rings. The third-order valence-corrected chi connectivity index (χ3v) is 6.84. The Labute approximate surface area is 174 Å². The Morgan fingerprint density at radius 2 is 1.86 bits per heavy atom. The predicted molar refractivity (Wildman–Crippen MR) is 120 cm³/mol. The molecule has 1 aromatic heterocycles. The highest BCUT2D eigenvalue weighted by molar-refractivity contribution is 6.29. The average Bonchev–Trinajstić information content (AvgIpc) is 3.20. The van der Waals surface area contributed by atoms with Gasteiger partial charge < -0.3 is 0 Å². The van der Waals surface area contributed by atoms with E-state index in [0.717, 1.165) is 5.92 Å². The van der Waals surface area contributed by atoms with Gasteiger partial charge in [-0.1, -0.05) is 86.3 Å². The molecule has 1 fully saturated rings. The highest BCUT2D eigenvalue weighted by Crippen LogP contribution is 2.40. The number of rotatable bonds is 7. The first-order valence-corrected chi connectivity index (χ1v) is 11.2. The summed E-state index contributed by atoms with van der Waals surface area (Å²) in [5.41, 5.74) is 2.88. The minimum atomic E-state index is 0.596. The number of nitrogens with zero attached hydrogens (tertiary/aromatic N) is 1. The van der Waals surface area contributed by atoms with E-state index in [1.165, 1.54) is 66.8 Å². The molecule has 0 bridgehead atoms. The van der Waals surface area contributed by atoms with Crippen LogP contribution in [0.2, 0.25) is 5.15 Å². The number of benzene rings is 2. The normalized spacial score (nSPS) is 20.5. The van der Waals surface area contributed by atoms with Gasteiger partial charge in [-0.2, -0.15) is 0 Å². The summed E-state index contributed by atoms with van der Waals surface area (Å²) in [5.74, 6) is 2.19. The van der Waals surface area contributed by atoms with Crippen molar-refractivity contribution in [3.8, 4) is 0 Å². The monoisotopic (exact) mass is 391 g/mol. The Morgan fingerprint density at radius 3 is 2.71 bits per heavy atom. The molecule has 0 saturated heterocycles. The highest BCUT2D eigenvalue weighted by atomic mass is 35.5. The van der Waals surface area contributed by atoms with Crippen LogP contribution in [0, 0.1) is 5.92 Å². The smallest absolute Gasteiger partial charge is 0.129 e. The second-order valence-corrected chi connectivity index (χ2v) is 8.93. The van der Waals surface area contributed by atoms with Gasteiger partial charge in [-0.05, 0) is 71.4 Å². The van der Waals surface area contributed by atoms with Gasteiger partial charge >= 0.3 is 0 Å². The van der Waals surface area contributed by atoms with Gasteiger partial charge in [0.2, 0.25) is 0 Å². The predicted octanol–water partition coefficient (Wildman–Crippen LogP) is 8.14. The van der Waals surface area contributed by atoms with E-state index in [0.29, 0.717) is 17.0 Å². The Bertz CT molecular complexity index is 896. The fourth-order valence-electron chi connectivity index (χ4n) is 4.99. The summed E-state index contributed by atoms with van der Waals surface area (Å²) in [6.45, 7) is 2.39. The summed E-state index contributed by atoms with van der Waals surface area (Å²) in [5, 5.41) is 3.38. The zero-order valence-corrected chi connectivity index (χ0v) is 17.5. The molecule has 0 N–H and O–H groups in total. The van der Waals surface area contributed by atoms with Crippen LogP contribution in [0.25, 0.3) is 10.8 Å². The van der Waals surface area contributed by atoms with Crippen LogP contribution in [0.5, 0.6) is 0 Å². The highest BCUT2D eigenvalue weighted by Gasteiger charge is 2.25. The van der Waals surface area contributed by atoms with Crippen molar-refractivity contribution < 1.29 is 0 Å². The summed E-state index contributed by atoms with van der Waals surface area (Å²) < 4.78 is 0. The van der Waals surface area contributed by atoms with Crippen molar-refractivity contribution in [3.05, 3.63) is 77.1 Å². The molecule has 1 aliphatic rings. The van der Waals surface area contributed by atoms with Gasteiger partial charge in [0, 0.05) is 6.20 Å². The Morgan fingerprint density at radius 1 is 1.00 bits per heavy atom. The van der Waals surface area contributed by atoms with E-state index in [-0.39, 0.29) is 0 Å². The van der Waals surface area contributed by atoms with Crippen molar-refractivity contribution in [2.75, 3.05) is 0 Å². The van der Waals surface area contributed by atoms with Gasteiger partial charge in [0.25, 0.3) is 0 Å². The fraction of sp³-hybridized carbons (Fsp3) is 0.423. The second kappa shape index (κ2) is 9.09. The summed E-state index contributed by atoms with van der Waals surface area (Å²) in [6, 6.07) is 19.6. The molecule has 1 heterocycles. The maximum Gasteiger partial charge on any atom is 0.129 e. The first-order chi connectivity index (χ1) is 13.7. The molecule has 3 unspecified atom stereocenters. The first-order valence-electron chi connectivity index (χ1n) is 10.8. The lowest BCUT2D eigenvalue weighted by Gasteiger charge is -2.16. The van der Waals surface area contributed by atoms with Crippen LogP contribution in [-0.4, -0.2) is 4.98 Å². The molecule has 2 aromatic carbocycles. The van der Waals surface area contributed by atoms with Gasteiger partial charge in [0.05, 0.1) is 0 Å². The first kappa shape index (κ1) is 19.5. The molecule has 3 atom stereocenters. The van der Waals surface area contributed by atoms with Crippen molar-refractivity contribution in [1.29, 1.82) is 0 Å². The van der Waals surface area contributed by atoms with Crippen molar-refractivity contribution >= 4 is 22.4 Å². The Kier molecular flexibility index (Phi) is 6.32. The van der Waals surface area contributed by atoms with Crippen LogP contribution >= 0.6 is 11.6 Å². The molecular weight excluding hydrogens is 362 g/mol. The van der Waals surface area contributed by atoms with E-state index in [9.17, 15) is 0 Å². The summed E-state index contributed by atoms with van der Waals surface area (Å²) in [7, 11) is 0. The summed E-state index contributed by atoms with van der Waals surface area (Å²) in [4.78, 5) is 4.26. The molecule has 4 rings (SSSR count). The third-order valence-electron chi connectivity index (χ3n) is 6.62. The Hall–Kier alpha value is -1.86. The van der Waals surface area contributed by atoms with Crippen molar-refractivity contribution in [1.82, 2.24) is 4.98 Å². The standard InChI is InChI=1S/C26H30ClN/c1-19(24-12-6-10-21-9-4-5-11-25(21)24)7-2-3-8-20-13-14-22(17-20)23-15-16-26(27)28-18-23/h4-6,9-12,15-16,18-20,22H,2-3,7-8,13-14,17H2,1H3. The van der Waals surface area contributed by atoms with Gasteiger partial charge in [-0.3, -0.25) is 0 Å². The largest absolute Gasteiger partial charge is 0.244 e. The third kappa shape index (κ3) is 4.58. The van der Waals surface area contributed by atoms with Gasteiger partial charge in [-0.25, -0.2) is 4.98 Å². The lowest BCUT2D eigenvalue weighted by atomic mass is 9.89. The van der Waals surface area contributed by atoms with Crippen LogP contribution in [-0.2, 0) is 0 Å². The van der Waals surface area contributed by atoms with Crippen LogP contribution in [0.4, 0.5) is 0 Å². The summed E-state index contributed by atoms with van der Waals surface area (Å²) in [6.07, 6.45) is 11.3. The number of fused-ring (bicyclic) bond motifs is 1. The minimum absolute atomic E-state index is 0.596. The molecule has 1 nitrogen and oxygen atoms in total. The van der Waals surface area contributed by atoms with Crippen molar-refractivity contribution in [2.45, 2.75) is 63.7 Å². The van der Waals surface area contributed by atoms with Crippen molar-refractivity contribution in [2.24, 2.45) is 5.92 Å². The maximum absolute atomic E-state index is 5.92. The topological polar surface area (TPSA) is 12.9 Å². The number of hydrogen-bond donors (Lipinski definition) is 0. The number of unbranched alkanes of at least 4 members (excludes halogenated alkanes) is 1. The second-order valence-electron chi connectivity index (χ2n) is 8.54. The zero-order chi connectivity index (χ0) is 19.3. The Balaban J connectivity index is 1.24. The number of aromatic nitrogens is 1. The van der Waals surface area contributed by atoms with Crippen molar-refractivity contribution in [3.63, 3.8) is 0 Å². The molecular formula is C26H30ClN. The maximum atomic E-state index is 5.92. The van der Waals surface area contributed by atoms with Gasteiger partial charge in [0.1, 0.15) is 5.15 Å². The van der Waals surface area contributed by atoms with Crippen LogP contribution in [0.1, 0.15) is 74.8 Å². The molecule has 1 aliphatic carbocycles. The fourth-order valence-corrected chi connectivity index (χ4v) is 5.10. The van der Waals surface area contributed by atoms with Gasteiger partial charge in [-0.15, -0.1) is 0 Å². The number of halogens is 1. The molecule has 0 amide bonds. The molecule has 0 spiro atoms.